The number of carbonyl (C=O) groups is 2. The fourth-order valence-corrected chi connectivity index (χ4v) is 6.27. The summed E-state index contributed by atoms with van der Waals surface area (Å²) in [6, 6.07) is 9.98. The second-order valence-electron chi connectivity index (χ2n) is 7.06. The molecule has 0 spiro atoms. The normalized spacial score (nSPS) is 16.0. The van der Waals surface area contributed by atoms with Crippen LogP contribution < -0.4 is 10.6 Å². The minimum Gasteiger partial charge on any atom is -0.326 e. The maximum absolute atomic E-state index is 12.9. The molecule has 1 aliphatic heterocycles. The monoisotopic (exact) mass is 481 g/mol. The molecule has 0 saturated carbocycles. The Morgan fingerprint density at radius 3 is 2.58 bits per heavy atom. The largest absolute Gasteiger partial charge is 0.326 e. The van der Waals surface area contributed by atoms with E-state index in [0.29, 0.717) is 35.1 Å². The minimum absolute atomic E-state index is 0.0510. The van der Waals surface area contributed by atoms with E-state index in [0.717, 1.165) is 4.90 Å². The number of benzene rings is 2. The number of aryl methyl sites for hydroxylation is 1. The van der Waals surface area contributed by atoms with Gasteiger partial charge in [-0.05, 0) is 42.8 Å². The summed E-state index contributed by atoms with van der Waals surface area (Å²) >= 11 is 7.26. The quantitative estimate of drug-likeness (QED) is 0.620. The van der Waals surface area contributed by atoms with Crippen LogP contribution in [0.3, 0.4) is 0 Å². The Hall–Kier alpha value is -2.07. The van der Waals surface area contributed by atoms with Gasteiger partial charge in [-0.3, -0.25) is 9.59 Å². The van der Waals surface area contributed by atoms with Crippen LogP contribution in [0.2, 0.25) is 5.02 Å². The molecule has 1 aliphatic rings. The fraction of sp³-hybridized carbons (Fsp3) is 0.333. The molecule has 0 bridgehead atoms. The molecule has 1 heterocycles. The first kappa shape index (κ1) is 23.6. The highest BCUT2D eigenvalue weighted by Gasteiger charge is 2.29. The molecule has 3 rings (SSSR count). The van der Waals surface area contributed by atoms with Crippen molar-refractivity contribution in [3.05, 3.63) is 47.0 Å². The zero-order chi connectivity index (χ0) is 22.8. The third-order valence-corrected chi connectivity index (χ3v) is 8.63. The van der Waals surface area contributed by atoms with E-state index in [1.54, 1.807) is 51.1 Å². The molecule has 0 fully saturated rings. The van der Waals surface area contributed by atoms with Crippen molar-refractivity contribution in [2.45, 2.75) is 42.2 Å². The van der Waals surface area contributed by atoms with Gasteiger partial charge in [0.15, 0.2) is 0 Å². The summed E-state index contributed by atoms with van der Waals surface area (Å²) in [7, 11) is -3.66. The molecule has 2 amide bonds. The standard InChI is InChI=1S/C21H24ClN3O4S2/c1-4-25(5-2)31(28,29)19-11-15(8-6-13(19)3)23-20(26)12-18-21(27)24-16-10-14(22)7-9-17(16)30-18/h6-11,18H,4-5,12H2,1-3H3,(H,23,26)(H,24,27)/t18-/m1/s1. The number of sulfonamides is 1. The smallest absolute Gasteiger partial charge is 0.243 e. The van der Waals surface area contributed by atoms with Crippen molar-refractivity contribution in [3.8, 4) is 0 Å². The van der Waals surface area contributed by atoms with Gasteiger partial charge in [0.25, 0.3) is 0 Å². The zero-order valence-corrected chi connectivity index (χ0v) is 19.8. The van der Waals surface area contributed by atoms with Crippen molar-refractivity contribution in [1.82, 2.24) is 4.31 Å². The van der Waals surface area contributed by atoms with E-state index >= 15 is 0 Å². The highest BCUT2D eigenvalue weighted by Crippen LogP contribution is 2.38. The van der Waals surface area contributed by atoms with Crippen LogP contribution in [0.5, 0.6) is 0 Å². The number of fused-ring (bicyclic) bond motifs is 1. The highest BCUT2D eigenvalue weighted by molar-refractivity contribution is 8.01. The molecule has 0 radical (unpaired) electrons. The number of nitrogens with zero attached hydrogens (tertiary/aromatic N) is 1. The second-order valence-corrected chi connectivity index (χ2v) is 10.6. The van der Waals surface area contributed by atoms with E-state index in [9.17, 15) is 18.0 Å². The molecule has 0 aliphatic carbocycles. The Balaban J connectivity index is 1.74. The molecular weight excluding hydrogens is 458 g/mol. The number of anilines is 2. The van der Waals surface area contributed by atoms with Crippen LogP contribution in [0.1, 0.15) is 25.8 Å². The summed E-state index contributed by atoms with van der Waals surface area (Å²) in [5.41, 5.74) is 1.60. The molecule has 7 nitrogen and oxygen atoms in total. The van der Waals surface area contributed by atoms with Gasteiger partial charge in [0.05, 0.1) is 15.8 Å². The Morgan fingerprint density at radius 1 is 1.19 bits per heavy atom. The maximum Gasteiger partial charge on any atom is 0.243 e. The van der Waals surface area contributed by atoms with Crippen molar-refractivity contribution in [1.29, 1.82) is 0 Å². The highest BCUT2D eigenvalue weighted by atomic mass is 35.5. The van der Waals surface area contributed by atoms with Gasteiger partial charge >= 0.3 is 0 Å². The second kappa shape index (κ2) is 9.60. The lowest BCUT2D eigenvalue weighted by atomic mass is 10.2. The average molecular weight is 482 g/mol. The Kier molecular flexibility index (Phi) is 7.31. The van der Waals surface area contributed by atoms with E-state index < -0.39 is 15.3 Å². The summed E-state index contributed by atoms with van der Waals surface area (Å²) < 4.78 is 27.2. The van der Waals surface area contributed by atoms with Gasteiger partial charge in [-0.15, -0.1) is 11.8 Å². The third-order valence-electron chi connectivity index (χ3n) is 4.93. The lowest BCUT2D eigenvalue weighted by molar-refractivity contribution is -0.120. The van der Waals surface area contributed by atoms with Crippen LogP contribution in [0.15, 0.2) is 46.2 Å². The fourth-order valence-electron chi connectivity index (χ4n) is 3.30. The van der Waals surface area contributed by atoms with Crippen molar-refractivity contribution < 1.29 is 18.0 Å². The van der Waals surface area contributed by atoms with Crippen LogP contribution in [0, 0.1) is 6.92 Å². The van der Waals surface area contributed by atoms with Gasteiger partial charge in [0.2, 0.25) is 21.8 Å². The van der Waals surface area contributed by atoms with Crippen molar-refractivity contribution in [2.24, 2.45) is 0 Å². The molecule has 166 valence electrons. The molecule has 0 aromatic heterocycles. The van der Waals surface area contributed by atoms with Gasteiger partial charge in [-0.1, -0.05) is 31.5 Å². The Labute approximate surface area is 191 Å². The summed E-state index contributed by atoms with van der Waals surface area (Å²) in [4.78, 5) is 26.0. The summed E-state index contributed by atoms with van der Waals surface area (Å²) in [5, 5.41) is 5.41. The number of thioether (sulfide) groups is 1. The number of halogens is 1. The van der Waals surface area contributed by atoms with Crippen molar-refractivity contribution in [3.63, 3.8) is 0 Å². The summed E-state index contributed by atoms with van der Waals surface area (Å²) in [6.07, 6.45) is -0.0510. The summed E-state index contributed by atoms with van der Waals surface area (Å²) in [6.45, 7) is 5.99. The number of rotatable bonds is 7. The first-order valence-corrected chi connectivity index (χ1v) is 12.5. The van der Waals surface area contributed by atoms with Gasteiger partial charge in [-0.2, -0.15) is 4.31 Å². The van der Waals surface area contributed by atoms with E-state index in [4.69, 9.17) is 11.6 Å². The number of carbonyl (C=O) groups excluding carboxylic acids is 2. The molecule has 31 heavy (non-hydrogen) atoms. The molecule has 0 saturated heterocycles. The van der Waals surface area contributed by atoms with Crippen LogP contribution in [0.25, 0.3) is 0 Å². The molecule has 2 aromatic rings. The SMILES string of the molecule is CCN(CC)S(=O)(=O)c1cc(NC(=O)C[C@H]2Sc3ccc(Cl)cc3NC2=O)ccc1C. The molecular formula is C21H24ClN3O4S2. The number of amides is 2. The molecule has 10 heteroatoms. The van der Waals surface area contributed by atoms with Crippen LogP contribution in [-0.2, 0) is 19.6 Å². The lowest BCUT2D eigenvalue weighted by Gasteiger charge is -2.24. The Morgan fingerprint density at radius 2 is 1.90 bits per heavy atom. The van der Waals surface area contributed by atoms with Gasteiger partial charge < -0.3 is 10.6 Å². The zero-order valence-electron chi connectivity index (χ0n) is 17.4. The maximum atomic E-state index is 12.9. The number of hydrogen-bond acceptors (Lipinski definition) is 5. The molecule has 1 atom stereocenters. The average Bonchev–Trinajstić information content (AvgIpc) is 2.70. The van der Waals surface area contributed by atoms with E-state index in [1.807, 2.05) is 0 Å². The molecule has 2 aromatic carbocycles. The Bertz CT molecular complexity index is 1120. The van der Waals surface area contributed by atoms with E-state index in [-0.39, 0.29) is 23.1 Å². The van der Waals surface area contributed by atoms with Crippen LogP contribution >= 0.6 is 23.4 Å². The van der Waals surface area contributed by atoms with Crippen molar-refractivity contribution >= 4 is 56.6 Å². The number of nitrogens with one attached hydrogen (secondary N) is 2. The predicted molar refractivity (Wildman–Crippen MR) is 124 cm³/mol. The van der Waals surface area contributed by atoms with Crippen LogP contribution in [-0.4, -0.2) is 42.9 Å². The van der Waals surface area contributed by atoms with Gasteiger partial charge in [0, 0.05) is 35.1 Å². The van der Waals surface area contributed by atoms with Gasteiger partial charge in [-0.25, -0.2) is 8.42 Å². The summed E-state index contributed by atoms with van der Waals surface area (Å²) in [5.74, 6) is -0.649. The number of hydrogen-bond donors (Lipinski definition) is 2. The molecule has 2 N–H and O–H groups in total. The van der Waals surface area contributed by atoms with Crippen molar-refractivity contribution in [2.75, 3.05) is 23.7 Å². The van der Waals surface area contributed by atoms with Crippen LogP contribution in [0.4, 0.5) is 11.4 Å². The molecule has 0 unspecified atom stereocenters. The minimum atomic E-state index is -3.66. The topological polar surface area (TPSA) is 95.6 Å². The lowest BCUT2D eigenvalue weighted by Crippen LogP contribution is -2.32. The first-order chi connectivity index (χ1) is 14.6. The predicted octanol–water partition coefficient (Wildman–Crippen LogP) is 4.12. The third kappa shape index (κ3) is 5.23. The first-order valence-electron chi connectivity index (χ1n) is 9.83. The van der Waals surface area contributed by atoms with Gasteiger partial charge in [0.1, 0.15) is 0 Å². The van der Waals surface area contributed by atoms with E-state index in [2.05, 4.69) is 10.6 Å². The van der Waals surface area contributed by atoms with E-state index in [1.165, 1.54) is 22.1 Å².